The number of hydrogen-bond donors (Lipinski definition) is 3. The van der Waals surface area contributed by atoms with E-state index in [0.29, 0.717) is 13.2 Å². The van der Waals surface area contributed by atoms with Gasteiger partial charge in [0.1, 0.15) is 0 Å². The van der Waals surface area contributed by atoms with Crippen molar-refractivity contribution in [2.75, 3.05) is 13.2 Å². The molecule has 1 aliphatic heterocycles. The Morgan fingerprint density at radius 2 is 1.44 bits per heavy atom. The fourth-order valence-corrected chi connectivity index (χ4v) is 1.70. The molecule has 1 saturated heterocycles. The first-order chi connectivity index (χ1) is 4.22. The third-order valence-electron chi connectivity index (χ3n) is 1.37. The number of rotatable bonds is 0. The van der Waals surface area contributed by atoms with Gasteiger partial charge in [-0.1, -0.05) is 0 Å². The molecule has 1 aliphatic rings. The van der Waals surface area contributed by atoms with Crippen LogP contribution in [0.4, 0.5) is 0 Å². The van der Waals surface area contributed by atoms with Gasteiger partial charge in [-0.3, -0.25) is 0 Å². The highest BCUT2D eigenvalue weighted by molar-refractivity contribution is 7.87. The molecule has 1 fully saturated rings. The van der Waals surface area contributed by atoms with Gasteiger partial charge in [-0.25, -0.2) is 0 Å². The molecule has 0 N–H and O–H groups in total. The van der Waals surface area contributed by atoms with Crippen LogP contribution in [-0.4, -0.2) is 29.0 Å². The van der Waals surface area contributed by atoms with Crippen molar-refractivity contribution in [3.63, 3.8) is 0 Å². The molecule has 0 bridgehead atoms. The zero-order chi connectivity index (χ0) is 6.85. The van der Waals surface area contributed by atoms with Gasteiger partial charge in [0.15, 0.2) is 0 Å². The van der Waals surface area contributed by atoms with E-state index in [1.807, 2.05) is 0 Å². The van der Waals surface area contributed by atoms with E-state index >= 15 is 0 Å². The standard InChI is InChI=1S/C5H10OS3/c7-3-1-6-2-4(8)5(3)9/h3-5,7-9H,1-2H2. The SMILES string of the molecule is SC1COCC(S)C1S. The summed E-state index contributed by atoms with van der Waals surface area (Å²) in [5.41, 5.74) is 0. The Balaban J connectivity index is 2.41. The molecule has 0 radical (unpaired) electrons. The predicted octanol–water partition coefficient (Wildman–Crippen LogP) is 0.912. The van der Waals surface area contributed by atoms with Crippen molar-refractivity contribution in [1.82, 2.24) is 0 Å². The molecule has 1 heterocycles. The van der Waals surface area contributed by atoms with Crippen LogP contribution < -0.4 is 0 Å². The fraction of sp³-hybridized carbons (Fsp3) is 1.00. The van der Waals surface area contributed by atoms with Gasteiger partial charge < -0.3 is 4.74 Å². The van der Waals surface area contributed by atoms with Crippen LogP contribution in [0.15, 0.2) is 0 Å². The largest absolute Gasteiger partial charge is 0.379 e. The van der Waals surface area contributed by atoms with Crippen molar-refractivity contribution in [1.29, 1.82) is 0 Å². The van der Waals surface area contributed by atoms with E-state index in [4.69, 9.17) is 4.74 Å². The maximum absolute atomic E-state index is 5.16. The lowest BCUT2D eigenvalue weighted by Crippen LogP contribution is -2.38. The van der Waals surface area contributed by atoms with E-state index < -0.39 is 0 Å². The van der Waals surface area contributed by atoms with Crippen LogP contribution in [0.25, 0.3) is 0 Å². The smallest absolute Gasteiger partial charge is 0.0594 e. The molecular weight excluding hydrogens is 172 g/mol. The summed E-state index contributed by atoms with van der Waals surface area (Å²) in [6.45, 7) is 1.41. The van der Waals surface area contributed by atoms with Gasteiger partial charge in [0.05, 0.1) is 13.2 Å². The Labute approximate surface area is 71.8 Å². The Morgan fingerprint density at radius 3 is 1.78 bits per heavy atom. The van der Waals surface area contributed by atoms with Crippen LogP contribution in [0.5, 0.6) is 0 Å². The highest BCUT2D eigenvalue weighted by Crippen LogP contribution is 2.22. The molecule has 0 aromatic heterocycles. The minimum absolute atomic E-state index is 0.240. The van der Waals surface area contributed by atoms with Crippen LogP contribution >= 0.6 is 37.9 Å². The van der Waals surface area contributed by atoms with E-state index in [1.165, 1.54) is 0 Å². The molecule has 54 valence electrons. The van der Waals surface area contributed by atoms with Gasteiger partial charge in [0.25, 0.3) is 0 Å². The first-order valence-corrected chi connectivity index (χ1v) is 4.38. The maximum Gasteiger partial charge on any atom is 0.0594 e. The zero-order valence-corrected chi connectivity index (χ0v) is 7.58. The van der Waals surface area contributed by atoms with Crippen molar-refractivity contribution >= 4 is 37.9 Å². The molecule has 2 atom stereocenters. The van der Waals surface area contributed by atoms with Crippen molar-refractivity contribution in [3.05, 3.63) is 0 Å². The molecule has 2 unspecified atom stereocenters. The molecule has 4 heteroatoms. The van der Waals surface area contributed by atoms with Crippen molar-refractivity contribution in [2.24, 2.45) is 0 Å². The molecule has 0 spiro atoms. The second-order valence-electron chi connectivity index (χ2n) is 2.16. The Bertz CT molecular complexity index is 88.2. The summed E-state index contributed by atoms with van der Waals surface area (Å²) in [7, 11) is 0. The molecule has 0 aromatic carbocycles. The minimum Gasteiger partial charge on any atom is -0.379 e. The van der Waals surface area contributed by atoms with Crippen molar-refractivity contribution in [2.45, 2.75) is 15.7 Å². The first kappa shape index (κ1) is 8.11. The first-order valence-electron chi connectivity index (χ1n) is 2.84. The van der Waals surface area contributed by atoms with E-state index in [0.717, 1.165) is 0 Å². The monoisotopic (exact) mass is 182 g/mol. The predicted molar refractivity (Wildman–Crippen MR) is 49.1 cm³/mol. The lowest BCUT2D eigenvalue weighted by atomic mass is 10.2. The Kier molecular flexibility index (Phi) is 3.08. The molecule has 0 aromatic rings. The topological polar surface area (TPSA) is 9.23 Å². The lowest BCUT2D eigenvalue weighted by Gasteiger charge is -2.29. The summed E-state index contributed by atoms with van der Waals surface area (Å²) in [6.07, 6.45) is 0. The van der Waals surface area contributed by atoms with Crippen LogP contribution in [0.2, 0.25) is 0 Å². The molecular formula is C5H10OS3. The van der Waals surface area contributed by atoms with E-state index in [-0.39, 0.29) is 15.7 Å². The van der Waals surface area contributed by atoms with Gasteiger partial charge in [0.2, 0.25) is 0 Å². The highest BCUT2D eigenvalue weighted by atomic mass is 32.1. The van der Waals surface area contributed by atoms with Gasteiger partial charge in [0, 0.05) is 15.7 Å². The molecule has 9 heavy (non-hydrogen) atoms. The highest BCUT2D eigenvalue weighted by Gasteiger charge is 2.26. The van der Waals surface area contributed by atoms with Crippen LogP contribution in [0.3, 0.4) is 0 Å². The average Bonchev–Trinajstić information content (AvgIpc) is 1.83. The molecule has 0 saturated carbocycles. The zero-order valence-electron chi connectivity index (χ0n) is 4.90. The summed E-state index contributed by atoms with van der Waals surface area (Å²) in [6, 6.07) is 0. The van der Waals surface area contributed by atoms with E-state index in [2.05, 4.69) is 37.9 Å². The van der Waals surface area contributed by atoms with E-state index in [1.54, 1.807) is 0 Å². The molecule has 1 nitrogen and oxygen atoms in total. The number of hydrogen-bond acceptors (Lipinski definition) is 4. The quantitative estimate of drug-likeness (QED) is 0.472. The summed E-state index contributed by atoms with van der Waals surface area (Å²) < 4.78 is 5.16. The number of thiol groups is 3. The van der Waals surface area contributed by atoms with Gasteiger partial charge >= 0.3 is 0 Å². The fourth-order valence-electron chi connectivity index (χ4n) is 0.763. The summed E-state index contributed by atoms with van der Waals surface area (Å²) in [5.74, 6) is 0. The Morgan fingerprint density at radius 1 is 1.00 bits per heavy atom. The van der Waals surface area contributed by atoms with Crippen molar-refractivity contribution in [3.8, 4) is 0 Å². The van der Waals surface area contributed by atoms with Gasteiger partial charge in [-0.15, -0.1) is 0 Å². The number of ether oxygens (including phenoxy) is 1. The van der Waals surface area contributed by atoms with Crippen LogP contribution in [0, 0.1) is 0 Å². The van der Waals surface area contributed by atoms with E-state index in [9.17, 15) is 0 Å². The van der Waals surface area contributed by atoms with Crippen LogP contribution in [0.1, 0.15) is 0 Å². The maximum atomic E-state index is 5.16. The minimum atomic E-state index is 0.240. The Hall–Kier alpha value is 1.01. The molecule has 1 rings (SSSR count). The molecule has 0 aliphatic carbocycles. The second-order valence-corrected chi connectivity index (χ2v) is 4.09. The van der Waals surface area contributed by atoms with Crippen LogP contribution in [-0.2, 0) is 4.74 Å². The normalized spacial score (nSPS) is 45.0. The average molecular weight is 182 g/mol. The third kappa shape index (κ3) is 1.97. The third-order valence-corrected chi connectivity index (χ3v) is 3.50. The van der Waals surface area contributed by atoms with Crippen molar-refractivity contribution < 1.29 is 4.74 Å². The summed E-state index contributed by atoms with van der Waals surface area (Å²) in [5, 5.41) is 0.750. The lowest BCUT2D eigenvalue weighted by molar-refractivity contribution is 0.110. The summed E-state index contributed by atoms with van der Waals surface area (Å²) in [4.78, 5) is 0. The van der Waals surface area contributed by atoms with Gasteiger partial charge in [-0.05, 0) is 0 Å². The van der Waals surface area contributed by atoms with Gasteiger partial charge in [-0.2, -0.15) is 37.9 Å². The molecule has 0 amide bonds. The second kappa shape index (κ2) is 3.42. The summed E-state index contributed by atoms with van der Waals surface area (Å²) >= 11 is 12.8.